The summed E-state index contributed by atoms with van der Waals surface area (Å²) in [4.78, 5) is 28.1. The zero-order valence-corrected chi connectivity index (χ0v) is 10.7. The minimum absolute atomic E-state index is 0.0623. The van der Waals surface area contributed by atoms with Crippen LogP contribution in [0.25, 0.3) is 0 Å². The molecule has 1 atom stereocenters. The van der Waals surface area contributed by atoms with E-state index in [1.54, 1.807) is 0 Å². The van der Waals surface area contributed by atoms with Gasteiger partial charge in [0.05, 0.1) is 16.7 Å². The lowest BCUT2D eigenvalue weighted by Gasteiger charge is -2.08. The molecule has 16 heavy (non-hydrogen) atoms. The molecule has 6 heteroatoms. The highest BCUT2D eigenvalue weighted by molar-refractivity contribution is 8.14. The number of rotatable bonds is 2. The van der Waals surface area contributed by atoms with Crippen LogP contribution in [0, 0.1) is 13.8 Å². The molecule has 4 nitrogen and oxygen atoms in total. The summed E-state index contributed by atoms with van der Waals surface area (Å²) < 4.78 is 0. The summed E-state index contributed by atoms with van der Waals surface area (Å²) in [6.07, 6.45) is 0.728. The molecular weight excluding hydrogens is 244 g/mol. The van der Waals surface area contributed by atoms with Crippen molar-refractivity contribution < 1.29 is 9.59 Å². The molecule has 0 saturated carbocycles. The lowest BCUT2D eigenvalue weighted by atomic mass is 10.2. The SMILES string of the molecule is Cc1nc(C)c(C(=O)NC2CCSC2=O)s1. The van der Waals surface area contributed by atoms with Crippen LogP contribution in [0.3, 0.4) is 0 Å². The van der Waals surface area contributed by atoms with Crippen molar-refractivity contribution in [3.63, 3.8) is 0 Å². The Bertz CT molecular complexity index is 442. The first kappa shape index (κ1) is 11.6. The number of thiazole rings is 1. The van der Waals surface area contributed by atoms with Crippen molar-refractivity contribution in [3.8, 4) is 0 Å². The van der Waals surface area contributed by atoms with Crippen LogP contribution in [0.1, 0.15) is 26.8 Å². The van der Waals surface area contributed by atoms with Gasteiger partial charge in [0.15, 0.2) is 0 Å². The Hall–Kier alpha value is -0.880. The van der Waals surface area contributed by atoms with Crippen molar-refractivity contribution in [3.05, 3.63) is 15.6 Å². The third kappa shape index (κ3) is 2.27. The van der Waals surface area contributed by atoms with Crippen molar-refractivity contribution in [1.29, 1.82) is 0 Å². The van der Waals surface area contributed by atoms with E-state index < -0.39 is 0 Å². The van der Waals surface area contributed by atoms with E-state index in [4.69, 9.17) is 0 Å². The lowest BCUT2D eigenvalue weighted by Crippen LogP contribution is -2.37. The number of carbonyl (C=O) groups is 2. The molecule has 1 amide bonds. The van der Waals surface area contributed by atoms with Crippen LogP contribution in [0.4, 0.5) is 0 Å². The third-order valence-corrected chi connectivity index (χ3v) is 4.43. The normalized spacial score (nSPS) is 20.1. The summed E-state index contributed by atoms with van der Waals surface area (Å²) >= 11 is 2.65. The van der Waals surface area contributed by atoms with E-state index in [-0.39, 0.29) is 17.1 Å². The predicted octanol–water partition coefficient (Wildman–Crippen LogP) is 1.52. The minimum Gasteiger partial charge on any atom is -0.341 e. The molecule has 0 aliphatic carbocycles. The second-order valence-corrected chi connectivity index (χ2v) is 5.93. The average Bonchev–Trinajstić information content (AvgIpc) is 2.74. The predicted molar refractivity (Wildman–Crippen MR) is 64.9 cm³/mol. The second kappa shape index (κ2) is 4.55. The van der Waals surface area contributed by atoms with Crippen molar-refractivity contribution in [2.45, 2.75) is 26.3 Å². The van der Waals surface area contributed by atoms with E-state index in [1.165, 1.54) is 23.1 Å². The highest BCUT2D eigenvalue weighted by Crippen LogP contribution is 2.21. The van der Waals surface area contributed by atoms with E-state index in [0.29, 0.717) is 4.88 Å². The van der Waals surface area contributed by atoms with Crippen LogP contribution in [-0.2, 0) is 4.79 Å². The number of aromatic nitrogens is 1. The molecule has 0 bridgehead atoms. The first-order valence-corrected chi connectivity index (χ1v) is 6.79. The van der Waals surface area contributed by atoms with E-state index in [1.807, 2.05) is 13.8 Å². The molecule has 86 valence electrons. The van der Waals surface area contributed by atoms with Crippen molar-refractivity contribution in [2.24, 2.45) is 0 Å². The van der Waals surface area contributed by atoms with Gasteiger partial charge in [0.1, 0.15) is 4.88 Å². The highest BCUT2D eigenvalue weighted by atomic mass is 32.2. The number of hydrogen-bond acceptors (Lipinski definition) is 5. The molecule has 1 aliphatic heterocycles. The van der Waals surface area contributed by atoms with Gasteiger partial charge in [0.25, 0.3) is 5.91 Å². The van der Waals surface area contributed by atoms with Gasteiger partial charge < -0.3 is 5.32 Å². The fourth-order valence-electron chi connectivity index (χ4n) is 1.59. The first-order valence-electron chi connectivity index (χ1n) is 4.99. The Kier molecular flexibility index (Phi) is 3.30. The van der Waals surface area contributed by atoms with Crippen molar-refractivity contribution in [1.82, 2.24) is 10.3 Å². The van der Waals surface area contributed by atoms with Crippen LogP contribution in [0.15, 0.2) is 0 Å². The molecule has 2 heterocycles. The summed E-state index contributed by atoms with van der Waals surface area (Å²) in [5.41, 5.74) is 0.734. The Morgan fingerprint density at radius 2 is 2.25 bits per heavy atom. The van der Waals surface area contributed by atoms with Crippen LogP contribution in [-0.4, -0.2) is 27.8 Å². The molecule has 1 saturated heterocycles. The van der Waals surface area contributed by atoms with Crippen molar-refractivity contribution in [2.75, 3.05) is 5.75 Å². The molecule has 1 unspecified atom stereocenters. The summed E-state index contributed by atoms with van der Waals surface area (Å²) in [7, 11) is 0. The van der Waals surface area contributed by atoms with Crippen LogP contribution < -0.4 is 5.32 Å². The summed E-state index contributed by atoms with van der Waals surface area (Å²) in [5, 5.41) is 3.69. The van der Waals surface area contributed by atoms with Crippen LogP contribution >= 0.6 is 23.1 Å². The standard InChI is InChI=1S/C10H12N2O2S2/c1-5-8(16-6(2)11-5)9(13)12-7-3-4-15-10(7)14/h7H,3-4H2,1-2H3,(H,12,13). The zero-order chi connectivity index (χ0) is 11.7. The van der Waals surface area contributed by atoms with Crippen molar-refractivity contribution >= 4 is 34.1 Å². The fourth-order valence-corrected chi connectivity index (χ4v) is 3.35. The number of thioether (sulfide) groups is 1. The van der Waals surface area contributed by atoms with Gasteiger partial charge in [0, 0.05) is 5.75 Å². The monoisotopic (exact) mass is 256 g/mol. The minimum atomic E-state index is -0.320. The maximum absolute atomic E-state index is 11.9. The van der Waals surface area contributed by atoms with Gasteiger partial charge >= 0.3 is 0 Å². The van der Waals surface area contributed by atoms with E-state index in [2.05, 4.69) is 10.3 Å². The first-order chi connectivity index (χ1) is 7.58. The Morgan fingerprint density at radius 3 is 2.75 bits per heavy atom. The number of nitrogens with zero attached hydrogens (tertiary/aromatic N) is 1. The van der Waals surface area contributed by atoms with Gasteiger partial charge in [0.2, 0.25) is 5.12 Å². The van der Waals surface area contributed by atoms with E-state index in [9.17, 15) is 9.59 Å². The smallest absolute Gasteiger partial charge is 0.263 e. The summed E-state index contributed by atoms with van der Waals surface area (Å²) in [5.74, 6) is 0.619. The summed E-state index contributed by atoms with van der Waals surface area (Å²) in [6.45, 7) is 3.68. The Balaban J connectivity index is 2.08. The van der Waals surface area contributed by atoms with Gasteiger partial charge in [-0.1, -0.05) is 11.8 Å². The number of nitrogens with one attached hydrogen (secondary N) is 1. The molecule has 0 spiro atoms. The molecule has 0 radical (unpaired) electrons. The van der Waals surface area contributed by atoms with Gasteiger partial charge in [-0.05, 0) is 20.3 Å². The maximum atomic E-state index is 11.9. The van der Waals surface area contributed by atoms with Crippen LogP contribution in [0.2, 0.25) is 0 Å². The van der Waals surface area contributed by atoms with E-state index >= 15 is 0 Å². The molecule has 1 aromatic rings. The third-order valence-electron chi connectivity index (χ3n) is 2.35. The largest absolute Gasteiger partial charge is 0.341 e. The van der Waals surface area contributed by atoms with Gasteiger partial charge in [-0.3, -0.25) is 9.59 Å². The second-order valence-electron chi connectivity index (χ2n) is 3.63. The van der Waals surface area contributed by atoms with Crippen LogP contribution in [0.5, 0.6) is 0 Å². The Morgan fingerprint density at radius 1 is 1.50 bits per heavy atom. The van der Waals surface area contributed by atoms with Gasteiger partial charge in [-0.2, -0.15) is 0 Å². The maximum Gasteiger partial charge on any atom is 0.263 e. The number of carbonyl (C=O) groups excluding carboxylic acids is 2. The fraction of sp³-hybridized carbons (Fsp3) is 0.500. The Labute approximate surface area is 102 Å². The number of amides is 1. The average molecular weight is 256 g/mol. The topological polar surface area (TPSA) is 59.1 Å². The highest BCUT2D eigenvalue weighted by Gasteiger charge is 2.28. The molecule has 2 rings (SSSR count). The summed E-state index contributed by atoms with van der Waals surface area (Å²) in [6, 6.07) is -0.320. The number of hydrogen-bond donors (Lipinski definition) is 1. The van der Waals surface area contributed by atoms with E-state index in [0.717, 1.165) is 22.9 Å². The molecule has 1 N–H and O–H groups in total. The molecule has 0 aromatic carbocycles. The molecule has 1 fully saturated rings. The number of aryl methyl sites for hydroxylation is 2. The quantitative estimate of drug-likeness (QED) is 0.871. The molecular formula is C10H12N2O2S2. The molecule has 1 aromatic heterocycles. The lowest BCUT2D eigenvalue weighted by molar-refractivity contribution is -0.112. The van der Waals surface area contributed by atoms with Gasteiger partial charge in [-0.15, -0.1) is 11.3 Å². The van der Waals surface area contributed by atoms with Gasteiger partial charge in [-0.25, -0.2) is 4.98 Å². The molecule has 1 aliphatic rings. The zero-order valence-electron chi connectivity index (χ0n) is 9.07.